The molecular formula is C30H40N2O6. The Labute approximate surface area is 225 Å². The van der Waals surface area contributed by atoms with Crippen LogP contribution in [0.15, 0.2) is 42.0 Å². The van der Waals surface area contributed by atoms with Crippen LogP contribution in [0, 0.1) is 6.92 Å². The summed E-state index contributed by atoms with van der Waals surface area (Å²) in [6, 6.07) is 9.18. The number of phenolic OH excluding ortho intramolecular Hbond substituents is 1. The molecule has 1 aliphatic rings. The first-order valence-electron chi connectivity index (χ1n) is 13.5. The molecule has 1 aliphatic heterocycles. The molecule has 0 aromatic heterocycles. The quantitative estimate of drug-likeness (QED) is 0.164. The third-order valence-electron chi connectivity index (χ3n) is 6.89. The van der Waals surface area contributed by atoms with Gasteiger partial charge >= 0.3 is 0 Å². The molecule has 206 valence electrons. The third kappa shape index (κ3) is 6.30. The van der Waals surface area contributed by atoms with Crippen LogP contribution in [-0.2, 0) is 9.59 Å². The van der Waals surface area contributed by atoms with Crippen LogP contribution in [-0.4, -0.2) is 71.1 Å². The first-order chi connectivity index (χ1) is 18.3. The number of hydrogen-bond donors (Lipinski definition) is 2. The van der Waals surface area contributed by atoms with E-state index in [9.17, 15) is 19.8 Å². The third-order valence-corrected chi connectivity index (χ3v) is 6.89. The number of unbranched alkanes of at least 4 members (excludes halogenated alkanes) is 1. The maximum Gasteiger partial charge on any atom is 0.295 e. The van der Waals surface area contributed by atoms with Gasteiger partial charge in [0.05, 0.1) is 24.8 Å². The molecule has 2 aromatic rings. The molecule has 1 fully saturated rings. The SMILES string of the molecule is CCCCOc1ccc(/C(O)=C2\C(=O)C(=O)N(CCN(CC)CC)[C@@H]2c2ccc(O)c(OCC)c2)cc1C. The maximum absolute atomic E-state index is 13.4. The van der Waals surface area contributed by atoms with Gasteiger partial charge < -0.3 is 29.5 Å². The minimum Gasteiger partial charge on any atom is -0.507 e. The highest BCUT2D eigenvalue weighted by Gasteiger charge is 2.46. The topological polar surface area (TPSA) is 99.5 Å². The number of Topliss-reactive ketones (excluding diaryl/α,β-unsaturated/α-hetero) is 1. The second-order valence-electron chi connectivity index (χ2n) is 9.36. The highest BCUT2D eigenvalue weighted by molar-refractivity contribution is 6.46. The molecule has 3 rings (SSSR count). The lowest BCUT2D eigenvalue weighted by Gasteiger charge is -2.28. The number of aromatic hydroxyl groups is 1. The Hall–Kier alpha value is -3.52. The zero-order valence-electron chi connectivity index (χ0n) is 23.1. The maximum atomic E-state index is 13.4. The average molecular weight is 525 g/mol. The predicted octanol–water partition coefficient (Wildman–Crippen LogP) is 5.04. The van der Waals surface area contributed by atoms with Crippen LogP contribution in [0.1, 0.15) is 63.3 Å². The molecule has 0 saturated carbocycles. The van der Waals surface area contributed by atoms with Gasteiger partial charge in [-0.25, -0.2) is 0 Å². The summed E-state index contributed by atoms with van der Waals surface area (Å²) in [6.45, 7) is 13.3. The number of aryl methyl sites for hydroxylation is 1. The van der Waals surface area contributed by atoms with E-state index in [1.54, 1.807) is 37.3 Å². The fraction of sp³-hybridized carbons (Fsp3) is 0.467. The van der Waals surface area contributed by atoms with Crippen molar-refractivity contribution in [1.82, 2.24) is 9.80 Å². The highest BCUT2D eigenvalue weighted by atomic mass is 16.5. The van der Waals surface area contributed by atoms with Gasteiger partial charge in [-0.05, 0) is 74.8 Å². The van der Waals surface area contributed by atoms with Crippen LogP contribution in [0.3, 0.4) is 0 Å². The van der Waals surface area contributed by atoms with Crippen molar-refractivity contribution in [2.24, 2.45) is 0 Å². The summed E-state index contributed by atoms with van der Waals surface area (Å²) in [5.74, 6) is -0.710. The van der Waals surface area contributed by atoms with Gasteiger partial charge in [-0.15, -0.1) is 0 Å². The van der Waals surface area contributed by atoms with Crippen LogP contribution in [0.2, 0.25) is 0 Å². The summed E-state index contributed by atoms with van der Waals surface area (Å²) in [5, 5.41) is 21.7. The fourth-order valence-electron chi connectivity index (χ4n) is 4.66. The van der Waals surface area contributed by atoms with E-state index in [0.29, 0.717) is 43.2 Å². The van der Waals surface area contributed by atoms with Gasteiger partial charge in [0.1, 0.15) is 11.5 Å². The molecule has 1 saturated heterocycles. The number of phenols is 1. The number of nitrogens with zero attached hydrogens (tertiary/aromatic N) is 2. The number of rotatable bonds is 13. The molecular weight excluding hydrogens is 484 g/mol. The summed E-state index contributed by atoms with van der Waals surface area (Å²) >= 11 is 0. The molecule has 1 heterocycles. The van der Waals surface area contributed by atoms with E-state index in [1.807, 2.05) is 20.8 Å². The van der Waals surface area contributed by atoms with Gasteiger partial charge in [0.15, 0.2) is 11.5 Å². The van der Waals surface area contributed by atoms with Crippen molar-refractivity contribution in [2.45, 2.75) is 53.5 Å². The number of carbonyl (C=O) groups excluding carboxylic acids is 2. The highest BCUT2D eigenvalue weighted by Crippen LogP contribution is 2.42. The number of carbonyl (C=O) groups is 2. The van der Waals surface area contributed by atoms with E-state index in [4.69, 9.17) is 9.47 Å². The number of amides is 1. The van der Waals surface area contributed by atoms with Gasteiger partial charge in [-0.2, -0.15) is 0 Å². The lowest BCUT2D eigenvalue weighted by atomic mass is 9.94. The molecule has 2 aromatic carbocycles. The van der Waals surface area contributed by atoms with E-state index in [0.717, 1.165) is 31.5 Å². The van der Waals surface area contributed by atoms with Crippen LogP contribution in [0.4, 0.5) is 0 Å². The number of aliphatic hydroxyl groups excluding tert-OH is 1. The molecule has 1 amide bonds. The lowest BCUT2D eigenvalue weighted by Crippen LogP contribution is -2.38. The van der Waals surface area contributed by atoms with Crippen molar-refractivity contribution < 1.29 is 29.3 Å². The summed E-state index contributed by atoms with van der Waals surface area (Å²) in [5.41, 5.74) is 1.84. The van der Waals surface area contributed by atoms with Crippen LogP contribution in [0.25, 0.3) is 5.76 Å². The number of likely N-dealkylation sites (tertiary alicyclic amines) is 1. The molecule has 0 aliphatic carbocycles. The lowest BCUT2D eigenvalue weighted by molar-refractivity contribution is -0.140. The smallest absolute Gasteiger partial charge is 0.295 e. The van der Waals surface area contributed by atoms with E-state index >= 15 is 0 Å². The molecule has 0 radical (unpaired) electrons. The van der Waals surface area contributed by atoms with Crippen LogP contribution in [0.5, 0.6) is 17.2 Å². The summed E-state index contributed by atoms with van der Waals surface area (Å²) in [7, 11) is 0. The van der Waals surface area contributed by atoms with E-state index in [1.165, 1.54) is 11.0 Å². The number of ketones is 1. The Morgan fingerprint density at radius 1 is 1.00 bits per heavy atom. The molecule has 2 N–H and O–H groups in total. The largest absolute Gasteiger partial charge is 0.507 e. The first kappa shape index (κ1) is 29.0. The van der Waals surface area contributed by atoms with Crippen molar-refractivity contribution in [1.29, 1.82) is 0 Å². The van der Waals surface area contributed by atoms with Gasteiger partial charge in [-0.3, -0.25) is 9.59 Å². The minimum absolute atomic E-state index is 0.0155. The molecule has 0 spiro atoms. The number of hydrogen-bond acceptors (Lipinski definition) is 7. The Kier molecular flexibility index (Phi) is 10.2. The Morgan fingerprint density at radius 2 is 1.74 bits per heavy atom. The van der Waals surface area contributed by atoms with Gasteiger partial charge in [0, 0.05) is 18.7 Å². The van der Waals surface area contributed by atoms with Crippen molar-refractivity contribution in [3.05, 3.63) is 58.7 Å². The Balaban J connectivity index is 2.09. The molecule has 8 nitrogen and oxygen atoms in total. The number of likely N-dealkylation sites (N-methyl/N-ethyl adjacent to an activating group) is 1. The Bertz CT molecular complexity index is 1170. The van der Waals surface area contributed by atoms with Crippen LogP contribution < -0.4 is 9.47 Å². The normalized spacial score (nSPS) is 16.9. The number of benzene rings is 2. The summed E-state index contributed by atoms with van der Waals surface area (Å²) in [6.07, 6.45) is 1.96. The second-order valence-corrected chi connectivity index (χ2v) is 9.36. The fourth-order valence-corrected chi connectivity index (χ4v) is 4.66. The zero-order valence-corrected chi connectivity index (χ0v) is 23.1. The van der Waals surface area contributed by atoms with Crippen LogP contribution >= 0.6 is 0 Å². The van der Waals surface area contributed by atoms with Gasteiger partial charge in [-0.1, -0.05) is 33.3 Å². The summed E-state index contributed by atoms with van der Waals surface area (Å²) in [4.78, 5) is 30.3. The predicted molar refractivity (Wildman–Crippen MR) is 148 cm³/mol. The number of ether oxygens (including phenoxy) is 2. The van der Waals surface area contributed by atoms with Gasteiger partial charge in [0.25, 0.3) is 11.7 Å². The monoisotopic (exact) mass is 524 g/mol. The first-order valence-corrected chi connectivity index (χ1v) is 13.5. The van der Waals surface area contributed by atoms with Crippen molar-refractivity contribution >= 4 is 17.4 Å². The second kappa shape index (κ2) is 13.3. The van der Waals surface area contributed by atoms with Gasteiger partial charge in [0.2, 0.25) is 0 Å². The van der Waals surface area contributed by atoms with E-state index < -0.39 is 17.7 Å². The zero-order chi connectivity index (χ0) is 27.8. The molecule has 0 unspecified atom stereocenters. The minimum atomic E-state index is -0.828. The average Bonchev–Trinajstić information content (AvgIpc) is 3.16. The molecule has 0 bridgehead atoms. The molecule has 38 heavy (non-hydrogen) atoms. The standard InChI is InChI=1S/C30H40N2O6/c1-6-10-17-38-24-14-12-22(18-20(24)5)28(34)26-27(21-11-13-23(33)25(19-21)37-9-4)32(30(36)29(26)35)16-15-31(7-2)8-3/h11-14,18-19,27,33-34H,6-10,15-17H2,1-5H3/b28-26+/t27-/m1/s1. The van der Waals surface area contributed by atoms with E-state index in [2.05, 4.69) is 11.8 Å². The van der Waals surface area contributed by atoms with E-state index in [-0.39, 0.29) is 22.8 Å². The van der Waals surface area contributed by atoms with Crippen molar-refractivity contribution in [2.75, 3.05) is 39.4 Å². The molecule has 1 atom stereocenters. The molecule has 8 heteroatoms. The number of aliphatic hydroxyl groups is 1. The van der Waals surface area contributed by atoms with Crippen molar-refractivity contribution in [3.8, 4) is 17.2 Å². The summed E-state index contributed by atoms with van der Waals surface area (Å²) < 4.78 is 11.4. The van der Waals surface area contributed by atoms with Crippen molar-refractivity contribution in [3.63, 3.8) is 0 Å². The Morgan fingerprint density at radius 3 is 2.37 bits per heavy atom.